The largest absolute Gasteiger partial charge is 0.456 e. The molecule has 0 spiro atoms. The van der Waals surface area contributed by atoms with Crippen LogP contribution in [0.5, 0.6) is 0 Å². The molecule has 0 fully saturated rings. The van der Waals surface area contributed by atoms with Crippen molar-refractivity contribution in [2.75, 3.05) is 0 Å². The van der Waals surface area contributed by atoms with E-state index in [0.717, 1.165) is 187 Å². The van der Waals surface area contributed by atoms with Gasteiger partial charge in [-0.1, -0.05) is 438 Å². The van der Waals surface area contributed by atoms with Crippen molar-refractivity contribution in [1.82, 2.24) is 0 Å². The zero-order chi connectivity index (χ0) is 137. The molecule has 3 aromatic heterocycles. The van der Waals surface area contributed by atoms with Gasteiger partial charge in [-0.2, -0.15) is 0 Å². The van der Waals surface area contributed by atoms with E-state index in [1.807, 2.05) is 176 Å². The molecule has 3 heteroatoms. The highest BCUT2D eigenvalue weighted by atomic mass is 16.3. The highest BCUT2D eigenvalue weighted by Crippen LogP contribution is 2.51. The van der Waals surface area contributed by atoms with Gasteiger partial charge < -0.3 is 13.3 Å². The molecule has 24 aromatic carbocycles. The third-order valence-corrected chi connectivity index (χ3v) is 25.7. The molecule has 0 aliphatic rings. The summed E-state index contributed by atoms with van der Waals surface area (Å²) >= 11 is 0. The molecule has 0 amide bonds. The van der Waals surface area contributed by atoms with E-state index < -0.39 is 0 Å². The molecular formula is C132H132O3. The van der Waals surface area contributed by atoms with Gasteiger partial charge in [-0.15, -0.1) is 0 Å². The Morgan fingerprint density at radius 1 is 0.156 bits per heavy atom. The van der Waals surface area contributed by atoms with Crippen LogP contribution in [0.1, 0.15) is 114 Å². The third kappa shape index (κ3) is 15.0. The van der Waals surface area contributed by atoms with Crippen LogP contribution in [0, 0.1) is 0 Å². The Bertz CT molecular complexity index is 9920. The lowest BCUT2D eigenvalue weighted by molar-refractivity contribution is 0.668. The van der Waals surface area contributed by atoms with Gasteiger partial charge in [-0.3, -0.25) is 0 Å². The molecule has 3 heterocycles. The quantitative estimate of drug-likeness (QED) is 0.107. The molecule has 3 nitrogen and oxygen atoms in total. The van der Waals surface area contributed by atoms with E-state index in [1.54, 1.807) is 48.5 Å². The SMILES string of the molecule is [2H]C.[2H]C.[2H]C.[2H]C.[2H]C.[2H]C.[2H][2H].[2H][2H].[2H][2H].[2H][2H].[2H][2H].[2H][2H].[2H][2H].[2H][2H].[2H][2H].[2H][2H].[2H][2H].[2H][2H].[2H][2H].[2H][2H].[2H][2H].[2H]c1c([2H])c([2H])c2c(-c3ccc4oc5ccc(-c6ccccc6)cc5c4c3)c3ccccc3c(-c3ccccc3)c2c1[2H].[2H]c1cc2c(-c3ccccc3)c3cc([2H])c([2H])cc3c(-c3ccc4oc5cc(-c6cccc7ccccc67)ccc5c4c3)c2cc1[2H].[2H]c1ccc([2H])c2c(-c3ccc4oc5cc(-c6ccc7c(ccc8ccccc87)c6)ccc5c4c3)c3c([2H])ccc([2H])c3c(-c3ccccc3)c12. The van der Waals surface area contributed by atoms with Crippen LogP contribution in [0.15, 0.2) is 486 Å². The second-order valence-corrected chi connectivity index (χ2v) is 32.9. The molecule has 0 N–H and O–H groups in total. The monoisotopic (exact) mass is 1810 g/mol. The van der Waals surface area contributed by atoms with Crippen molar-refractivity contribution in [2.24, 2.45) is 0 Å². The molecule has 27 aromatic rings. The number of rotatable bonds is 9. The Morgan fingerprint density at radius 3 is 0.911 bits per heavy atom. The predicted octanol–water partition coefficient (Wildman–Crippen LogP) is 43.6. The van der Waals surface area contributed by atoms with Crippen molar-refractivity contribution < 1.29 is 82.5 Å². The van der Waals surface area contributed by atoms with Crippen molar-refractivity contribution >= 4 is 163 Å². The zero-order valence-corrected chi connectivity index (χ0v) is 75.3. The van der Waals surface area contributed by atoms with Gasteiger partial charge in [0.2, 0.25) is 0 Å². The molecule has 678 valence electrons. The van der Waals surface area contributed by atoms with Crippen LogP contribution in [-0.2, 0) is 0 Å². The lowest BCUT2D eigenvalue weighted by Crippen LogP contribution is -1.90. The highest BCUT2D eigenvalue weighted by Gasteiger charge is 2.24. The van der Waals surface area contributed by atoms with Crippen molar-refractivity contribution in [3.05, 3.63) is 473 Å². The average molecular weight is 1810 g/mol. The molecule has 135 heavy (non-hydrogen) atoms. The lowest BCUT2D eigenvalue weighted by Gasteiger charge is -2.17. The van der Waals surface area contributed by atoms with Crippen molar-refractivity contribution in [1.29, 1.82) is 0 Å². The van der Waals surface area contributed by atoms with Crippen LogP contribution in [0.25, 0.3) is 263 Å². The van der Waals surface area contributed by atoms with E-state index >= 15 is 0 Å². The van der Waals surface area contributed by atoms with Crippen LogP contribution in [0.2, 0.25) is 0 Å². The fourth-order valence-electron chi connectivity index (χ4n) is 19.8. The van der Waals surface area contributed by atoms with Gasteiger partial charge in [-0.25, -0.2) is 0 Å². The normalized spacial score (nSPS) is 13.6. The first-order valence-corrected chi connectivity index (χ1v) is 43.3. The van der Waals surface area contributed by atoms with Crippen molar-refractivity contribution in [2.45, 2.75) is 44.4 Å². The minimum Gasteiger partial charge on any atom is -0.456 e. The maximum atomic E-state index is 9.16. The maximum absolute atomic E-state index is 9.16. The summed E-state index contributed by atoms with van der Waals surface area (Å²) in [5.74, 6) is 0. The summed E-state index contributed by atoms with van der Waals surface area (Å²) < 4.78 is 310. The van der Waals surface area contributed by atoms with Crippen LogP contribution in [-0.4, -0.2) is 0 Å². The van der Waals surface area contributed by atoms with Gasteiger partial charge in [-0.05, 0) is 276 Å². The topological polar surface area (TPSA) is 39.4 Å². The van der Waals surface area contributed by atoms with Crippen LogP contribution < -0.4 is 0 Å². The molecule has 0 radical (unpaired) electrons. The summed E-state index contributed by atoms with van der Waals surface area (Å²) in [5, 5.41) is 21.8. The van der Waals surface area contributed by atoms with E-state index in [2.05, 4.69) is 176 Å². The van der Waals surface area contributed by atoms with E-state index in [4.69, 9.17) is 82.5 Å². The number of hydrogen-bond acceptors (Lipinski definition) is 3. The van der Waals surface area contributed by atoms with Crippen LogP contribution in [0.3, 0.4) is 0 Å². The van der Waals surface area contributed by atoms with Crippen molar-refractivity contribution in [3.8, 4) is 100 Å². The fourth-order valence-corrected chi connectivity index (χ4v) is 19.8. The summed E-state index contributed by atoms with van der Waals surface area (Å²) in [6, 6.07) is 134. The summed E-state index contributed by atoms with van der Waals surface area (Å²) in [5.41, 5.74) is 21.4. The van der Waals surface area contributed by atoms with Gasteiger partial charge in [0.25, 0.3) is 0 Å². The van der Waals surface area contributed by atoms with Gasteiger partial charge in [0.15, 0.2) is 0 Å². The molecule has 0 saturated heterocycles. The first-order chi connectivity index (χ1) is 89.9. The third-order valence-electron chi connectivity index (χ3n) is 25.7. The predicted molar refractivity (Wildman–Crippen MR) is 620 cm³/mol. The number of fused-ring (bicyclic) bond motifs is 19. The first-order valence-electron chi connectivity index (χ1n) is 70.3. The van der Waals surface area contributed by atoms with E-state index in [9.17, 15) is 0 Å². The maximum Gasteiger partial charge on any atom is 0.136 e. The fraction of sp³-hybridized carbons (Fsp3) is 0.0455. The molecular weight excluding hydrogens is 1630 g/mol. The second kappa shape index (κ2) is 36.4. The van der Waals surface area contributed by atoms with Crippen LogP contribution in [0.4, 0.5) is 0 Å². The molecule has 0 bridgehead atoms. The van der Waals surface area contributed by atoms with Gasteiger partial charge >= 0.3 is 0 Å². The first kappa shape index (κ1) is 56.6. The molecule has 0 atom stereocenters. The van der Waals surface area contributed by atoms with Gasteiger partial charge in [0.05, 0.1) is 16.4 Å². The zero-order valence-electron chi connectivity index (χ0n) is 123. The molecule has 0 aliphatic heterocycles. The van der Waals surface area contributed by atoms with E-state index in [0.29, 0.717) is 43.4 Å². The van der Waals surface area contributed by atoms with Crippen LogP contribution >= 0.6 is 0 Å². The highest BCUT2D eigenvalue weighted by molar-refractivity contribution is 6.26. The Kier molecular flexibility index (Phi) is 15.3. The molecule has 0 aliphatic carbocycles. The minimum atomic E-state index is -0.240. The average Bonchev–Trinajstić information content (AvgIpc) is 1.72. The summed E-state index contributed by atoms with van der Waals surface area (Å²) in [6.45, 7) is 0. The standard InChI is InChI=1S/C46H28O.C42H26O.C38H24O.6CH4.15H2/c1-2-11-30(12-3-1)45-38-14-6-8-16-40(38)46(41-17-9-7-15-39(41)45)34-22-25-43-42(27-34)37-24-21-32(28-44(37)47-43)31-20-23-36-33(26-31)19-18-29-10-4-5-13-35(29)36;1-2-12-28(13-3-1)41-34-16-6-8-18-36(34)42(37-19-9-7-17-35(37)41)30-22-24-39-38(25-30)33-23-21-29(26-40(33)43-39)32-20-10-14-27-11-4-5-15-31(27)32;1-3-11-25(12-4-1)27-19-21-35-33(23-27)34-24-28(20-22-36(34)39-35)38-31-17-9-7-15-29(31)37(26-13-5-2-6-14-26)30-16-8-10-18-32(30)38;;;;;;;;;;;;;;;;;;;;;/h1-28H;1-26H;1-24H;6*1H4;15*1H/i14D,15D,16D,17D;6D,7D,8D,9D;7D,9D,15D,17D;6*1D;15*1+1D. The Balaban J connectivity index is 0.000000496. The lowest BCUT2D eigenvalue weighted by atomic mass is 9.86. The van der Waals surface area contributed by atoms with E-state index in [-0.39, 0.29) is 72.5 Å². The Morgan fingerprint density at radius 2 is 0.437 bits per heavy atom. The summed E-state index contributed by atoms with van der Waals surface area (Å²) in [4.78, 5) is 0. The summed E-state index contributed by atoms with van der Waals surface area (Å²) in [6.07, 6.45) is 0. The Hall–Kier alpha value is -17.0. The number of hydrogen-bond donors (Lipinski definition) is 0. The smallest absolute Gasteiger partial charge is 0.136 e. The van der Waals surface area contributed by atoms with E-state index in [1.165, 1.54) is 76.7 Å². The molecule has 27 rings (SSSR count). The van der Waals surface area contributed by atoms with Gasteiger partial charge in [0, 0.05) is 85.1 Å². The van der Waals surface area contributed by atoms with Gasteiger partial charge in [0.1, 0.15) is 33.5 Å². The molecule has 0 saturated carbocycles. The number of benzene rings is 24. The summed E-state index contributed by atoms with van der Waals surface area (Å²) in [7, 11) is 7.50. The Labute approximate surface area is 859 Å². The number of furan rings is 3. The van der Waals surface area contributed by atoms with Crippen molar-refractivity contribution in [3.63, 3.8) is 0 Å². The molecule has 0 unspecified atom stereocenters. The second-order valence-electron chi connectivity index (χ2n) is 32.9. The minimum absolute atomic E-state index is 0.0378.